The van der Waals surface area contributed by atoms with Gasteiger partial charge in [0.2, 0.25) is 10.0 Å². The Morgan fingerprint density at radius 1 is 1.50 bits per heavy atom. The molecule has 5 nitrogen and oxygen atoms in total. The van der Waals surface area contributed by atoms with Crippen molar-refractivity contribution in [2.45, 2.75) is 31.2 Å². The molecular weight excluding hydrogens is 276 g/mol. The normalized spacial score (nSPS) is 13.6. The first-order valence-corrected chi connectivity index (χ1v) is 7.33. The fourth-order valence-corrected chi connectivity index (χ4v) is 3.04. The molecule has 0 aliphatic rings. The van der Waals surface area contributed by atoms with Crippen molar-refractivity contribution in [2.24, 2.45) is 0 Å². The molecule has 0 saturated carbocycles. The molecule has 7 heteroatoms. The summed E-state index contributed by atoms with van der Waals surface area (Å²) in [5.41, 5.74) is 6.67. The van der Waals surface area contributed by atoms with Gasteiger partial charge in [-0.3, -0.25) is 0 Å². The van der Waals surface area contributed by atoms with Gasteiger partial charge in [0, 0.05) is 23.4 Å². The molecule has 1 unspecified atom stereocenters. The van der Waals surface area contributed by atoms with Gasteiger partial charge in [-0.15, -0.1) is 0 Å². The summed E-state index contributed by atoms with van der Waals surface area (Å²) in [6, 6.07) is 2.37. The van der Waals surface area contributed by atoms with Gasteiger partial charge in [0.1, 0.15) is 0 Å². The van der Waals surface area contributed by atoms with Gasteiger partial charge in [-0.25, -0.2) is 13.1 Å². The third-order valence-electron chi connectivity index (χ3n) is 2.59. The van der Waals surface area contributed by atoms with Crippen molar-refractivity contribution in [3.63, 3.8) is 0 Å². The molecule has 0 heterocycles. The first kappa shape index (κ1) is 15.2. The predicted octanol–water partition coefficient (Wildman–Crippen LogP) is 1.28. The van der Waals surface area contributed by atoms with Gasteiger partial charge in [0.25, 0.3) is 0 Å². The Bertz CT molecular complexity index is 508. The van der Waals surface area contributed by atoms with E-state index >= 15 is 0 Å². The number of anilines is 1. The van der Waals surface area contributed by atoms with Crippen LogP contribution in [0.3, 0.4) is 0 Å². The number of aliphatic hydroxyl groups excluding tert-OH is 1. The Kier molecular flexibility index (Phi) is 4.98. The molecule has 0 saturated heterocycles. The Morgan fingerprint density at radius 2 is 2.11 bits per heavy atom. The molecule has 4 N–H and O–H groups in total. The Balaban J connectivity index is 3.06. The van der Waals surface area contributed by atoms with E-state index in [4.69, 9.17) is 22.4 Å². The third kappa shape index (κ3) is 3.58. The summed E-state index contributed by atoms with van der Waals surface area (Å²) >= 11 is 5.91. The minimum Gasteiger partial charge on any atom is -0.398 e. The van der Waals surface area contributed by atoms with Crippen LogP contribution in [0.4, 0.5) is 5.69 Å². The van der Waals surface area contributed by atoms with Gasteiger partial charge < -0.3 is 10.8 Å². The number of nitrogens with one attached hydrogen (secondary N) is 1. The number of hydrogen-bond donors (Lipinski definition) is 3. The lowest BCUT2D eigenvalue weighted by Gasteiger charge is -2.14. The summed E-state index contributed by atoms with van der Waals surface area (Å²) in [4.78, 5) is 0.0281. The average molecular weight is 293 g/mol. The molecular formula is C11H17ClN2O3S. The molecule has 0 bridgehead atoms. The highest BCUT2D eigenvalue weighted by molar-refractivity contribution is 7.89. The number of nitrogens with two attached hydrogens (primary N) is 1. The standard InChI is InChI=1S/C11H17ClN2O3S/c1-7(3-4-15)14-18(16,17)9-5-10(12)8(2)11(13)6-9/h5-7,14-15H,3-4,13H2,1-2H3. The van der Waals surface area contributed by atoms with Crippen molar-refractivity contribution >= 4 is 27.3 Å². The molecule has 0 aromatic heterocycles. The molecule has 0 radical (unpaired) electrons. The quantitative estimate of drug-likeness (QED) is 0.713. The number of aliphatic hydroxyl groups is 1. The van der Waals surface area contributed by atoms with Crippen LogP contribution in [0, 0.1) is 6.92 Å². The van der Waals surface area contributed by atoms with E-state index in [-0.39, 0.29) is 17.5 Å². The number of benzene rings is 1. The molecule has 18 heavy (non-hydrogen) atoms. The van der Waals surface area contributed by atoms with Gasteiger partial charge in [0.15, 0.2) is 0 Å². The predicted molar refractivity (Wildman–Crippen MR) is 72.1 cm³/mol. The van der Waals surface area contributed by atoms with Crippen molar-refractivity contribution in [1.82, 2.24) is 4.72 Å². The smallest absolute Gasteiger partial charge is 0.240 e. The minimum atomic E-state index is -3.67. The van der Waals surface area contributed by atoms with Crippen LogP contribution in [0.15, 0.2) is 17.0 Å². The summed E-state index contributed by atoms with van der Waals surface area (Å²) in [6.07, 6.45) is 0.342. The van der Waals surface area contributed by atoms with Gasteiger partial charge >= 0.3 is 0 Å². The molecule has 1 aromatic rings. The van der Waals surface area contributed by atoms with Crippen molar-refractivity contribution in [3.05, 3.63) is 22.7 Å². The average Bonchev–Trinajstić information content (AvgIpc) is 2.24. The monoisotopic (exact) mass is 292 g/mol. The first-order valence-electron chi connectivity index (χ1n) is 5.46. The maximum atomic E-state index is 12.0. The summed E-state index contributed by atoms with van der Waals surface area (Å²) in [5.74, 6) is 0. The summed E-state index contributed by atoms with van der Waals surface area (Å²) in [5, 5.41) is 9.06. The number of halogens is 1. The maximum absolute atomic E-state index is 12.0. The fourth-order valence-electron chi connectivity index (χ4n) is 1.41. The minimum absolute atomic E-state index is 0.0281. The second-order valence-electron chi connectivity index (χ2n) is 4.15. The van der Waals surface area contributed by atoms with Crippen LogP contribution in [0.25, 0.3) is 0 Å². The maximum Gasteiger partial charge on any atom is 0.240 e. The number of nitrogen functional groups attached to an aromatic ring is 1. The van der Waals surface area contributed by atoms with Gasteiger partial charge in [-0.05, 0) is 38.0 Å². The zero-order chi connectivity index (χ0) is 13.9. The Labute approximate surface area is 112 Å². The molecule has 1 rings (SSSR count). The summed E-state index contributed by atoms with van der Waals surface area (Å²) in [6.45, 7) is 3.31. The molecule has 0 fully saturated rings. The molecule has 1 aromatic carbocycles. The van der Waals surface area contributed by atoms with Gasteiger partial charge in [-0.1, -0.05) is 11.6 Å². The van der Waals surface area contributed by atoms with Crippen LogP contribution in [0.2, 0.25) is 5.02 Å². The van der Waals surface area contributed by atoms with E-state index in [0.717, 1.165) is 0 Å². The SMILES string of the molecule is Cc1c(N)cc(S(=O)(=O)NC(C)CCO)cc1Cl. The van der Waals surface area contributed by atoms with Crippen LogP contribution in [-0.4, -0.2) is 26.2 Å². The van der Waals surface area contributed by atoms with Crippen LogP contribution in [0.5, 0.6) is 0 Å². The van der Waals surface area contributed by atoms with Crippen LogP contribution < -0.4 is 10.5 Å². The zero-order valence-corrected chi connectivity index (χ0v) is 11.8. The summed E-state index contributed by atoms with van der Waals surface area (Å²) < 4.78 is 26.5. The topological polar surface area (TPSA) is 92.4 Å². The highest BCUT2D eigenvalue weighted by atomic mass is 35.5. The molecule has 0 amide bonds. The third-order valence-corrected chi connectivity index (χ3v) is 4.55. The van der Waals surface area contributed by atoms with E-state index in [9.17, 15) is 8.42 Å². The zero-order valence-electron chi connectivity index (χ0n) is 10.3. The van der Waals surface area contributed by atoms with Crippen molar-refractivity contribution in [3.8, 4) is 0 Å². The largest absolute Gasteiger partial charge is 0.398 e. The molecule has 1 atom stereocenters. The van der Waals surface area contributed by atoms with E-state index < -0.39 is 10.0 Å². The Morgan fingerprint density at radius 3 is 2.61 bits per heavy atom. The lowest BCUT2D eigenvalue weighted by Crippen LogP contribution is -2.33. The van der Waals surface area contributed by atoms with E-state index in [1.54, 1.807) is 13.8 Å². The Hall–Kier alpha value is -0.820. The molecule has 0 aliphatic heterocycles. The van der Waals surface area contributed by atoms with Crippen LogP contribution >= 0.6 is 11.6 Å². The van der Waals surface area contributed by atoms with Crippen LogP contribution in [-0.2, 0) is 10.0 Å². The highest BCUT2D eigenvalue weighted by Crippen LogP contribution is 2.25. The van der Waals surface area contributed by atoms with Crippen LogP contribution in [0.1, 0.15) is 18.9 Å². The van der Waals surface area contributed by atoms with E-state index in [1.807, 2.05) is 0 Å². The molecule has 102 valence electrons. The number of rotatable bonds is 5. The lowest BCUT2D eigenvalue weighted by molar-refractivity contribution is 0.275. The lowest BCUT2D eigenvalue weighted by atomic mass is 10.2. The van der Waals surface area contributed by atoms with Gasteiger partial charge in [-0.2, -0.15) is 0 Å². The summed E-state index contributed by atoms with van der Waals surface area (Å²) in [7, 11) is -3.67. The van der Waals surface area contributed by atoms with Crippen molar-refractivity contribution in [2.75, 3.05) is 12.3 Å². The van der Waals surface area contributed by atoms with Gasteiger partial charge in [0.05, 0.1) is 4.90 Å². The van der Waals surface area contributed by atoms with Crippen molar-refractivity contribution < 1.29 is 13.5 Å². The molecule has 0 aliphatic carbocycles. The second-order valence-corrected chi connectivity index (χ2v) is 6.28. The van der Waals surface area contributed by atoms with E-state index in [1.165, 1.54) is 12.1 Å². The second kappa shape index (κ2) is 5.88. The fraction of sp³-hybridized carbons (Fsp3) is 0.455. The number of sulfonamides is 1. The highest BCUT2D eigenvalue weighted by Gasteiger charge is 2.19. The number of hydrogen-bond acceptors (Lipinski definition) is 4. The first-order chi connectivity index (χ1) is 8.27. The molecule has 0 spiro atoms. The van der Waals surface area contributed by atoms with E-state index in [0.29, 0.717) is 22.7 Å². The van der Waals surface area contributed by atoms with Crippen molar-refractivity contribution in [1.29, 1.82) is 0 Å². The van der Waals surface area contributed by atoms with E-state index in [2.05, 4.69) is 4.72 Å².